The van der Waals surface area contributed by atoms with Crippen LogP contribution in [0.2, 0.25) is 0 Å². The smallest absolute Gasteiger partial charge is 0.0431 e. The molecule has 0 amide bonds. The van der Waals surface area contributed by atoms with Gasteiger partial charge in [0.05, 0.1) is 0 Å². The van der Waals surface area contributed by atoms with Crippen molar-refractivity contribution in [1.29, 1.82) is 0 Å². The van der Waals surface area contributed by atoms with Gasteiger partial charge in [0.2, 0.25) is 0 Å². The third-order valence-electron chi connectivity index (χ3n) is 2.78. The molecule has 0 aromatic heterocycles. The van der Waals surface area contributed by atoms with E-state index in [0.29, 0.717) is 17.9 Å². The van der Waals surface area contributed by atoms with E-state index in [1.54, 1.807) is 0 Å². The summed E-state index contributed by atoms with van der Waals surface area (Å²) in [6, 6.07) is 0.293. The largest absolute Gasteiger partial charge is 0.396 e. The molecule has 74 valence electrons. The average molecular weight is 173 g/mol. The van der Waals surface area contributed by atoms with Gasteiger partial charge in [-0.05, 0) is 24.7 Å². The van der Waals surface area contributed by atoms with E-state index in [4.69, 9.17) is 10.8 Å². The molecule has 0 radical (unpaired) electrons. The first-order valence-corrected chi connectivity index (χ1v) is 4.99. The molecule has 2 heteroatoms. The second-order valence-corrected chi connectivity index (χ2v) is 3.81. The van der Waals surface area contributed by atoms with E-state index in [1.807, 2.05) is 0 Å². The van der Waals surface area contributed by atoms with Crippen molar-refractivity contribution in [1.82, 2.24) is 0 Å². The van der Waals surface area contributed by atoms with Gasteiger partial charge in [0, 0.05) is 12.6 Å². The van der Waals surface area contributed by atoms with E-state index < -0.39 is 0 Å². The fraction of sp³-hybridized carbons (Fsp3) is 1.00. The Kier molecular flexibility index (Phi) is 6.39. The highest BCUT2D eigenvalue weighted by Gasteiger charge is 2.17. The first kappa shape index (κ1) is 11.9. The summed E-state index contributed by atoms with van der Waals surface area (Å²) in [7, 11) is 0. The SMILES string of the molecule is CC[C@H](C)[C@@H](N)[C@@H](C)CCCO. The highest BCUT2D eigenvalue weighted by molar-refractivity contribution is 4.73. The summed E-state index contributed by atoms with van der Waals surface area (Å²) >= 11 is 0. The third-order valence-corrected chi connectivity index (χ3v) is 2.78. The Morgan fingerprint density at radius 1 is 1.25 bits per heavy atom. The van der Waals surface area contributed by atoms with E-state index in [9.17, 15) is 0 Å². The zero-order chi connectivity index (χ0) is 9.56. The molecular weight excluding hydrogens is 150 g/mol. The van der Waals surface area contributed by atoms with Gasteiger partial charge in [-0.15, -0.1) is 0 Å². The Bertz CT molecular complexity index is 106. The van der Waals surface area contributed by atoms with Crippen molar-refractivity contribution in [3.05, 3.63) is 0 Å². The van der Waals surface area contributed by atoms with Crippen LogP contribution < -0.4 is 5.73 Å². The van der Waals surface area contributed by atoms with E-state index in [0.717, 1.165) is 19.3 Å². The molecule has 0 fully saturated rings. The molecule has 0 aromatic rings. The number of hydrogen-bond acceptors (Lipinski definition) is 2. The predicted octanol–water partition coefficient (Wildman–Crippen LogP) is 1.77. The molecule has 0 aliphatic heterocycles. The van der Waals surface area contributed by atoms with E-state index in [1.165, 1.54) is 0 Å². The highest BCUT2D eigenvalue weighted by Crippen LogP contribution is 2.17. The number of rotatable bonds is 6. The van der Waals surface area contributed by atoms with Gasteiger partial charge in [0.25, 0.3) is 0 Å². The minimum absolute atomic E-state index is 0.289. The fourth-order valence-corrected chi connectivity index (χ4v) is 1.44. The standard InChI is InChI=1S/C10H23NO/c1-4-8(2)10(11)9(3)6-5-7-12/h8-10,12H,4-7,11H2,1-3H3/t8-,9-,10+/m0/s1. The lowest BCUT2D eigenvalue weighted by Gasteiger charge is -2.24. The van der Waals surface area contributed by atoms with Crippen molar-refractivity contribution in [3.8, 4) is 0 Å². The van der Waals surface area contributed by atoms with Crippen LogP contribution >= 0.6 is 0 Å². The number of hydrogen-bond donors (Lipinski definition) is 2. The van der Waals surface area contributed by atoms with Gasteiger partial charge in [-0.2, -0.15) is 0 Å². The van der Waals surface area contributed by atoms with Gasteiger partial charge < -0.3 is 10.8 Å². The second-order valence-electron chi connectivity index (χ2n) is 3.81. The number of aliphatic hydroxyl groups is 1. The molecule has 12 heavy (non-hydrogen) atoms. The first-order valence-electron chi connectivity index (χ1n) is 4.99. The van der Waals surface area contributed by atoms with E-state index in [2.05, 4.69) is 20.8 Å². The summed E-state index contributed by atoms with van der Waals surface area (Å²) in [5.41, 5.74) is 6.03. The van der Waals surface area contributed by atoms with Crippen molar-refractivity contribution in [3.63, 3.8) is 0 Å². The van der Waals surface area contributed by atoms with Crippen LogP contribution in [-0.2, 0) is 0 Å². The van der Waals surface area contributed by atoms with Crippen LogP contribution in [0.1, 0.15) is 40.0 Å². The van der Waals surface area contributed by atoms with Gasteiger partial charge >= 0.3 is 0 Å². The molecule has 0 spiro atoms. The lowest BCUT2D eigenvalue weighted by molar-refractivity contribution is 0.253. The zero-order valence-electron chi connectivity index (χ0n) is 8.59. The molecule has 0 aliphatic carbocycles. The Balaban J connectivity index is 3.67. The van der Waals surface area contributed by atoms with Crippen LogP contribution in [-0.4, -0.2) is 17.8 Å². The lowest BCUT2D eigenvalue weighted by atomic mass is 9.87. The normalized spacial score (nSPS) is 18.8. The number of nitrogens with two attached hydrogens (primary N) is 1. The summed E-state index contributed by atoms with van der Waals surface area (Å²) in [4.78, 5) is 0. The molecule has 0 bridgehead atoms. The second kappa shape index (κ2) is 6.44. The first-order chi connectivity index (χ1) is 5.63. The van der Waals surface area contributed by atoms with Gasteiger partial charge in [0.15, 0.2) is 0 Å². The van der Waals surface area contributed by atoms with Crippen molar-refractivity contribution in [2.24, 2.45) is 17.6 Å². The average Bonchev–Trinajstić information content (AvgIpc) is 2.11. The van der Waals surface area contributed by atoms with Crippen LogP contribution in [0.4, 0.5) is 0 Å². The third kappa shape index (κ3) is 4.07. The Hall–Kier alpha value is -0.0800. The molecule has 0 saturated heterocycles. The maximum absolute atomic E-state index is 8.65. The van der Waals surface area contributed by atoms with E-state index >= 15 is 0 Å². The maximum Gasteiger partial charge on any atom is 0.0431 e. The molecule has 3 atom stereocenters. The predicted molar refractivity (Wildman–Crippen MR) is 52.9 cm³/mol. The van der Waals surface area contributed by atoms with Gasteiger partial charge in [-0.3, -0.25) is 0 Å². The molecule has 0 aliphatic rings. The Labute approximate surface area is 76.2 Å². The highest BCUT2D eigenvalue weighted by atomic mass is 16.2. The number of aliphatic hydroxyl groups excluding tert-OH is 1. The van der Waals surface area contributed by atoms with Crippen LogP contribution in [0.25, 0.3) is 0 Å². The molecule has 3 N–H and O–H groups in total. The van der Waals surface area contributed by atoms with Crippen LogP contribution in [0, 0.1) is 11.8 Å². The monoisotopic (exact) mass is 173 g/mol. The lowest BCUT2D eigenvalue weighted by Crippen LogP contribution is -2.34. The van der Waals surface area contributed by atoms with Crippen LogP contribution in [0.5, 0.6) is 0 Å². The summed E-state index contributed by atoms with van der Waals surface area (Å²) in [5, 5.41) is 8.65. The summed E-state index contributed by atoms with van der Waals surface area (Å²) in [6.07, 6.45) is 3.07. The molecule has 0 unspecified atom stereocenters. The minimum atomic E-state index is 0.289. The van der Waals surface area contributed by atoms with Crippen LogP contribution in [0.15, 0.2) is 0 Å². The van der Waals surface area contributed by atoms with Crippen molar-refractivity contribution >= 4 is 0 Å². The minimum Gasteiger partial charge on any atom is -0.396 e. The van der Waals surface area contributed by atoms with Gasteiger partial charge in [0.1, 0.15) is 0 Å². The van der Waals surface area contributed by atoms with Gasteiger partial charge in [-0.25, -0.2) is 0 Å². The Morgan fingerprint density at radius 3 is 2.25 bits per heavy atom. The summed E-state index contributed by atoms with van der Waals surface area (Å²) in [6.45, 7) is 6.83. The molecule has 0 saturated carbocycles. The van der Waals surface area contributed by atoms with Crippen molar-refractivity contribution < 1.29 is 5.11 Å². The molecular formula is C10H23NO. The molecule has 0 aromatic carbocycles. The molecule has 2 nitrogen and oxygen atoms in total. The van der Waals surface area contributed by atoms with Crippen LogP contribution in [0.3, 0.4) is 0 Å². The van der Waals surface area contributed by atoms with Crippen molar-refractivity contribution in [2.75, 3.05) is 6.61 Å². The van der Waals surface area contributed by atoms with E-state index in [-0.39, 0.29) is 6.61 Å². The quantitative estimate of drug-likeness (QED) is 0.643. The molecule has 0 heterocycles. The Morgan fingerprint density at radius 2 is 1.83 bits per heavy atom. The van der Waals surface area contributed by atoms with Gasteiger partial charge in [-0.1, -0.05) is 27.2 Å². The topological polar surface area (TPSA) is 46.2 Å². The molecule has 0 rings (SSSR count). The summed E-state index contributed by atoms with van der Waals surface area (Å²) < 4.78 is 0. The fourth-order valence-electron chi connectivity index (χ4n) is 1.44. The summed E-state index contributed by atoms with van der Waals surface area (Å²) in [5.74, 6) is 1.13. The van der Waals surface area contributed by atoms with Crippen molar-refractivity contribution in [2.45, 2.75) is 46.1 Å². The zero-order valence-corrected chi connectivity index (χ0v) is 8.59. The maximum atomic E-state index is 8.65.